The molecule has 2 aromatic carbocycles. The van der Waals surface area contributed by atoms with Gasteiger partial charge in [-0.2, -0.15) is 0 Å². The number of hydrogen-bond acceptors (Lipinski definition) is 4. The quantitative estimate of drug-likeness (QED) is 0.452. The highest BCUT2D eigenvalue weighted by Crippen LogP contribution is 2.29. The van der Waals surface area contributed by atoms with Gasteiger partial charge in [-0.05, 0) is 24.6 Å². The van der Waals surface area contributed by atoms with Crippen LogP contribution in [-0.2, 0) is 6.61 Å². The van der Waals surface area contributed by atoms with E-state index >= 15 is 0 Å². The molecule has 120 valence electrons. The fourth-order valence-electron chi connectivity index (χ4n) is 2.11. The Morgan fingerprint density at radius 2 is 1.83 bits per heavy atom. The molecule has 0 amide bonds. The van der Waals surface area contributed by atoms with Gasteiger partial charge in [0.15, 0.2) is 11.5 Å². The standard InChI is InChI=1S/C18H19NO4/c1-12(2)18(20)15-8-9-17(16(10-15)19(21)22)23-11-14-6-4-13(3)5-7-14/h4-10,12H,11H2,1-3H3. The van der Waals surface area contributed by atoms with Crippen molar-refractivity contribution in [3.05, 3.63) is 69.3 Å². The van der Waals surface area contributed by atoms with Crippen LogP contribution in [-0.4, -0.2) is 10.7 Å². The molecule has 0 aliphatic rings. The molecule has 0 bridgehead atoms. The van der Waals surface area contributed by atoms with Gasteiger partial charge in [0.25, 0.3) is 0 Å². The molecule has 0 radical (unpaired) electrons. The number of carbonyl (C=O) groups excluding carboxylic acids is 1. The largest absolute Gasteiger partial charge is 0.482 e. The Morgan fingerprint density at radius 3 is 2.39 bits per heavy atom. The number of ether oxygens (including phenoxy) is 1. The monoisotopic (exact) mass is 313 g/mol. The molecule has 0 aromatic heterocycles. The van der Waals surface area contributed by atoms with Gasteiger partial charge < -0.3 is 4.74 Å². The highest BCUT2D eigenvalue weighted by atomic mass is 16.6. The third kappa shape index (κ3) is 4.16. The van der Waals surface area contributed by atoms with Crippen molar-refractivity contribution in [1.82, 2.24) is 0 Å². The summed E-state index contributed by atoms with van der Waals surface area (Å²) < 4.78 is 5.57. The second-order valence-electron chi connectivity index (χ2n) is 5.73. The van der Waals surface area contributed by atoms with Crippen LogP contribution >= 0.6 is 0 Å². The molecule has 0 spiro atoms. The number of nitrogens with zero attached hydrogens (tertiary/aromatic N) is 1. The minimum Gasteiger partial charge on any atom is -0.482 e. The van der Waals surface area contributed by atoms with Gasteiger partial charge in [0.2, 0.25) is 0 Å². The Labute approximate surface area is 135 Å². The molecule has 23 heavy (non-hydrogen) atoms. The minimum atomic E-state index is -0.526. The first-order chi connectivity index (χ1) is 10.9. The predicted octanol–water partition coefficient (Wildman–Crippen LogP) is 4.32. The van der Waals surface area contributed by atoms with Crippen molar-refractivity contribution < 1.29 is 14.5 Å². The normalized spacial score (nSPS) is 10.6. The molecule has 0 aliphatic heterocycles. The number of nitro groups is 1. The van der Waals surface area contributed by atoms with Crippen LogP contribution in [0.25, 0.3) is 0 Å². The van der Waals surface area contributed by atoms with Crippen LogP contribution in [0.15, 0.2) is 42.5 Å². The van der Waals surface area contributed by atoms with E-state index in [1.807, 2.05) is 31.2 Å². The van der Waals surface area contributed by atoms with E-state index < -0.39 is 4.92 Å². The summed E-state index contributed by atoms with van der Waals surface area (Å²) >= 11 is 0. The molecule has 5 nitrogen and oxygen atoms in total. The van der Waals surface area contributed by atoms with Crippen molar-refractivity contribution in [2.75, 3.05) is 0 Å². The zero-order valence-electron chi connectivity index (χ0n) is 13.4. The van der Waals surface area contributed by atoms with Gasteiger partial charge in [-0.1, -0.05) is 43.7 Å². The van der Waals surface area contributed by atoms with Gasteiger partial charge in [-0.25, -0.2) is 0 Å². The molecule has 5 heteroatoms. The molecule has 0 atom stereocenters. The first-order valence-electron chi connectivity index (χ1n) is 7.39. The molecule has 2 rings (SSSR count). The van der Waals surface area contributed by atoms with E-state index in [1.54, 1.807) is 19.9 Å². The van der Waals surface area contributed by atoms with Crippen LogP contribution in [0.5, 0.6) is 5.75 Å². The predicted molar refractivity (Wildman–Crippen MR) is 87.8 cm³/mol. The molecular formula is C18H19NO4. The second kappa shape index (κ2) is 7.05. The van der Waals surface area contributed by atoms with E-state index in [-0.39, 0.29) is 29.7 Å². The van der Waals surface area contributed by atoms with Crippen LogP contribution in [0.1, 0.15) is 35.3 Å². The van der Waals surface area contributed by atoms with Gasteiger partial charge in [0, 0.05) is 17.5 Å². The number of aryl methyl sites for hydroxylation is 1. The Morgan fingerprint density at radius 1 is 1.17 bits per heavy atom. The van der Waals surface area contributed by atoms with Crippen LogP contribution in [0.3, 0.4) is 0 Å². The van der Waals surface area contributed by atoms with Crippen molar-refractivity contribution in [1.29, 1.82) is 0 Å². The molecular weight excluding hydrogens is 294 g/mol. The first-order valence-corrected chi connectivity index (χ1v) is 7.39. The van der Waals surface area contributed by atoms with Crippen molar-refractivity contribution in [2.24, 2.45) is 5.92 Å². The Balaban J connectivity index is 2.22. The second-order valence-corrected chi connectivity index (χ2v) is 5.73. The van der Waals surface area contributed by atoms with E-state index in [0.29, 0.717) is 5.56 Å². The van der Waals surface area contributed by atoms with Gasteiger partial charge >= 0.3 is 5.69 Å². The highest BCUT2D eigenvalue weighted by molar-refractivity contribution is 5.98. The third-order valence-corrected chi connectivity index (χ3v) is 3.48. The molecule has 2 aromatic rings. The lowest BCUT2D eigenvalue weighted by atomic mass is 10.0. The average Bonchev–Trinajstić information content (AvgIpc) is 2.53. The lowest BCUT2D eigenvalue weighted by Crippen LogP contribution is -2.08. The van der Waals surface area contributed by atoms with Crippen molar-refractivity contribution >= 4 is 11.5 Å². The van der Waals surface area contributed by atoms with Crippen LogP contribution in [0.4, 0.5) is 5.69 Å². The number of Topliss-reactive ketones (excluding diaryl/α,β-unsaturated/α-hetero) is 1. The summed E-state index contributed by atoms with van der Waals surface area (Å²) in [5.74, 6) is -0.178. The molecule has 0 heterocycles. The fourth-order valence-corrected chi connectivity index (χ4v) is 2.11. The Bertz CT molecular complexity index is 720. The lowest BCUT2D eigenvalue weighted by Gasteiger charge is -2.09. The zero-order chi connectivity index (χ0) is 17.0. The Kier molecular flexibility index (Phi) is 5.11. The van der Waals surface area contributed by atoms with E-state index in [1.165, 1.54) is 12.1 Å². The maximum atomic E-state index is 12.0. The molecule has 0 aliphatic carbocycles. The van der Waals surface area contributed by atoms with Gasteiger partial charge in [0.05, 0.1) is 4.92 Å². The summed E-state index contributed by atoms with van der Waals surface area (Å²) in [6.07, 6.45) is 0. The zero-order valence-corrected chi connectivity index (χ0v) is 13.4. The number of hydrogen-bond donors (Lipinski definition) is 0. The van der Waals surface area contributed by atoms with Crippen LogP contribution in [0, 0.1) is 23.0 Å². The first kappa shape index (κ1) is 16.7. The molecule has 0 saturated heterocycles. The molecule has 0 N–H and O–H groups in total. The number of nitro benzene ring substituents is 1. The topological polar surface area (TPSA) is 69.4 Å². The lowest BCUT2D eigenvalue weighted by molar-refractivity contribution is -0.386. The van der Waals surface area contributed by atoms with Crippen molar-refractivity contribution in [3.8, 4) is 5.75 Å². The van der Waals surface area contributed by atoms with E-state index in [2.05, 4.69) is 0 Å². The maximum Gasteiger partial charge on any atom is 0.311 e. The van der Waals surface area contributed by atoms with E-state index in [0.717, 1.165) is 11.1 Å². The third-order valence-electron chi connectivity index (χ3n) is 3.48. The number of rotatable bonds is 6. The highest BCUT2D eigenvalue weighted by Gasteiger charge is 2.20. The minimum absolute atomic E-state index is 0.127. The van der Waals surface area contributed by atoms with Crippen molar-refractivity contribution in [3.63, 3.8) is 0 Å². The summed E-state index contributed by atoms with van der Waals surface area (Å²) in [7, 11) is 0. The summed E-state index contributed by atoms with van der Waals surface area (Å²) in [4.78, 5) is 22.7. The molecule has 0 unspecified atom stereocenters. The summed E-state index contributed by atoms with van der Waals surface area (Å²) in [5, 5.41) is 11.2. The number of carbonyl (C=O) groups is 1. The maximum absolute atomic E-state index is 12.0. The molecule has 0 fully saturated rings. The fraction of sp³-hybridized carbons (Fsp3) is 0.278. The summed E-state index contributed by atoms with van der Waals surface area (Å²) in [6.45, 7) is 5.74. The average molecular weight is 313 g/mol. The number of benzene rings is 2. The van der Waals surface area contributed by atoms with Gasteiger partial charge in [-0.3, -0.25) is 14.9 Å². The summed E-state index contributed by atoms with van der Waals surface area (Å²) in [6, 6.07) is 12.1. The van der Waals surface area contributed by atoms with Crippen LogP contribution < -0.4 is 4.74 Å². The van der Waals surface area contributed by atoms with E-state index in [4.69, 9.17) is 4.74 Å². The number of ketones is 1. The summed E-state index contributed by atoms with van der Waals surface area (Å²) in [5.41, 5.74) is 2.20. The Hall–Kier alpha value is -2.69. The van der Waals surface area contributed by atoms with Crippen molar-refractivity contribution in [2.45, 2.75) is 27.4 Å². The molecule has 0 saturated carbocycles. The van der Waals surface area contributed by atoms with Gasteiger partial charge in [-0.15, -0.1) is 0 Å². The smallest absolute Gasteiger partial charge is 0.311 e. The SMILES string of the molecule is Cc1ccc(COc2ccc(C(=O)C(C)C)cc2[N+](=O)[O-])cc1. The van der Waals surface area contributed by atoms with Crippen LogP contribution in [0.2, 0.25) is 0 Å². The van der Waals surface area contributed by atoms with Gasteiger partial charge in [0.1, 0.15) is 6.61 Å². The van der Waals surface area contributed by atoms with E-state index in [9.17, 15) is 14.9 Å².